The molecule has 152 valence electrons. The highest BCUT2D eigenvalue weighted by molar-refractivity contribution is 6.30. The zero-order valence-corrected chi connectivity index (χ0v) is 17.9. The lowest BCUT2D eigenvalue weighted by atomic mass is 9.89. The van der Waals surface area contributed by atoms with Crippen molar-refractivity contribution in [1.82, 2.24) is 20.5 Å². The lowest BCUT2D eigenvalue weighted by Crippen LogP contribution is -2.34. The first-order valence-corrected chi connectivity index (χ1v) is 11.0. The van der Waals surface area contributed by atoms with Crippen molar-refractivity contribution in [2.75, 3.05) is 0 Å². The Balaban J connectivity index is 1.69. The summed E-state index contributed by atoms with van der Waals surface area (Å²) in [5.41, 5.74) is 5.69. The van der Waals surface area contributed by atoms with Gasteiger partial charge in [-0.15, -0.1) is 0 Å². The summed E-state index contributed by atoms with van der Waals surface area (Å²) in [5.74, 6) is 0.491. The fourth-order valence-electron chi connectivity index (χ4n) is 4.51. The first-order valence-electron chi connectivity index (χ1n) is 10.6. The first-order chi connectivity index (χ1) is 14.1. The summed E-state index contributed by atoms with van der Waals surface area (Å²) in [6.07, 6.45) is 9.76. The number of benzene rings is 1. The van der Waals surface area contributed by atoms with Crippen molar-refractivity contribution in [2.24, 2.45) is 0 Å². The Bertz CT molecular complexity index is 918. The molecule has 4 rings (SSSR count). The van der Waals surface area contributed by atoms with E-state index in [1.165, 1.54) is 43.4 Å². The summed E-state index contributed by atoms with van der Waals surface area (Å²) in [6, 6.07) is 13.2. The maximum atomic E-state index is 6.11. The third-order valence-electron chi connectivity index (χ3n) is 5.83. The van der Waals surface area contributed by atoms with Gasteiger partial charge in [0, 0.05) is 52.2 Å². The second-order valence-corrected chi connectivity index (χ2v) is 8.76. The highest BCUT2D eigenvalue weighted by Crippen LogP contribution is 2.41. The Kier molecular flexibility index (Phi) is 6.31. The van der Waals surface area contributed by atoms with Crippen molar-refractivity contribution >= 4 is 11.6 Å². The fraction of sp³-hybridized carbons (Fsp3) is 0.417. The van der Waals surface area contributed by atoms with Gasteiger partial charge < -0.3 is 5.32 Å². The van der Waals surface area contributed by atoms with E-state index in [1.807, 2.05) is 36.7 Å². The van der Waals surface area contributed by atoms with Crippen LogP contribution in [-0.4, -0.2) is 27.3 Å². The van der Waals surface area contributed by atoms with E-state index in [9.17, 15) is 0 Å². The largest absolute Gasteiger partial charge is 0.312 e. The first kappa shape index (κ1) is 20.1. The Hall–Kier alpha value is -2.17. The van der Waals surface area contributed by atoms with Crippen LogP contribution in [0.25, 0.3) is 22.4 Å². The summed E-state index contributed by atoms with van der Waals surface area (Å²) < 4.78 is 0. The topological polar surface area (TPSA) is 53.6 Å². The molecule has 0 amide bonds. The number of H-pyrrole nitrogens is 1. The average molecular weight is 409 g/mol. The van der Waals surface area contributed by atoms with Gasteiger partial charge in [-0.2, -0.15) is 5.10 Å². The SMILES string of the molecule is CC(C)N[C@H]1CCC[C@@H](c2[nH]nc(-c3ccc(Cl)cc3)c2-c2ccncc2)CC1. The minimum absolute atomic E-state index is 0.491. The molecule has 2 atom stereocenters. The second kappa shape index (κ2) is 9.10. The third-order valence-corrected chi connectivity index (χ3v) is 6.08. The molecule has 0 bridgehead atoms. The molecule has 2 N–H and O–H groups in total. The predicted octanol–water partition coefficient (Wildman–Crippen LogP) is 6.21. The normalized spacial score (nSPS) is 20.0. The van der Waals surface area contributed by atoms with E-state index in [1.54, 1.807) is 0 Å². The Labute approximate surface area is 178 Å². The maximum Gasteiger partial charge on any atom is 0.100 e. The van der Waals surface area contributed by atoms with Gasteiger partial charge in [0.1, 0.15) is 5.69 Å². The number of rotatable bonds is 5. The molecular formula is C24H29ClN4. The maximum absolute atomic E-state index is 6.11. The molecule has 2 aromatic heterocycles. The highest BCUT2D eigenvalue weighted by atomic mass is 35.5. The van der Waals surface area contributed by atoms with Crippen LogP contribution in [0.4, 0.5) is 0 Å². The van der Waals surface area contributed by atoms with Crippen LogP contribution in [0.3, 0.4) is 0 Å². The molecule has 0 unspecified atom stereocenters. The van der Waals surface area contributed by atoms with E-state index in [-0.39, 0.29) is 0 Å². The molecule has 5 heteroatoms. The van der Waals surface area contributed by atoms with E-state index in [2.05, 4.69) is 41.4 Å². The fourth-order valence-corrected chi connectivity index (χ4v) is 4.63. The minimum Gasteiger partial charge on any atom is -0.312 e. The highest BCUT2D eigenvalue weighted by Gasteiger charge is 2.26. The summed E-state index contributed by atoms with van der Waals surface area (Å²) in [4.78, 5) is 4.21. The third kappa shape index (κ3) is 4.71. The lowest BCUT2D eigenvalue weighted by Gasteiger charge is -2.19. The molecular weight excluding hydrogens is 380 g/mol. The van der Waals surface area contributed by atoms with Gasteiger partial charge in [0.15, 0.2) is 0 Å². The molecule has 4 nitrogen and oxygen atoms in total. The van der Waals surface area contributed by atoms with Crippen molar-refractivity contribution in [3.8, 4) is 22.4 Å². The summed E-state index contributed by atoms with van der Waals surface area (Å²) >= 11 is 6.11. The zero-order chi connectivity index (χ0) is 20.2. The minimum atomic E-state index is 0.491. The molecule has 0 saturated heterocycles. The zero-order valence-electron chi connectivity index (χ0n) is 17.2. The summed E-state index contributed by atoms with van der Waals surface area (Å²) in [7, 11) is 0. The van der Waals surface area contributed by atoms with Crippen molar-refractivity contribution in [3.05, 3.63) is 59.5 Å². The van der Waals surface area contributed by atoms with Crippen LogP contribution < -0.4 is 5.32 Å². The van der Waals surface area contributed by atoms with Crippen LogP contribution in [0.15, 0.2) is 48.8 Å². The van der Waals surface area contributed by atoms with Gasteiger partial charge in [-0.1, -0.05) is 44.0 Å². The van der Waals surface area contributed by atoms with Crippen LogP contribution in [0.1, 0.15) is 57.6 Å². The van der Waals surface area contributed by atoms with E-state index in [0.717, 1.165) is 21.8 Å². The summed E-state index contributed by atoms with van der Waals surface area (Å²) in [5, 5.41) is 12.6. The van der Waals surface area contributed by atoms with Gasteiger partial charge >= 0.3 is 0 Å². The molecule has 1 fully saturated rings. The predicted molar refractivity (Wildman–Crippen MR) is 120 cm³/mol. The number of halogens is 1. The molecule has 3 aromatic rings. The number of pyridine rings is 1. The molecule has 1 aromatic carbocycles. The monoisotopic (exact) mass is 408 g/mol. The molecule has 29 heavy (non-hydrogen) atoms. The van der Waals surface area contributed by atoms with Crippen molar-refractivity contribution in [2.45, 2.75) is 64.0 Å². The van der Waals surface area contributed by atoms with Crippen molar-refractivity contribution < 1.29 is 0 Å². The Morgan fingerprint density at radius 3 is 2.45 bits per heavy atom. The quantitative estimate of drug-likeness (QED) is 0.493. The second-order valence-electron chi connectivity index (χ2n) is 8.33. The molecule has 1 aliphatic carbocycles. The van der Waals surface area contributed by atoms with Gasteiger partial charge in [-0.05, 0) is 55.5 Å². The Morgan fingerprint density at radius 2 is 1.72 bits per heavy atom. The van der Waals surface area contributed by atoms with E-state index in [0.29, 0.717) is 18.0 Å². The standard InChI is InChI=1S/C24H29ClN4/c1-16(2)27-21-5-3-4-18(8-11-21)23-22(17-12-14-26-15-13-17)24(29-28-23)19-6-9-20(25)10-7-19/h6-7,9-10,12-16,18,21,27H,3-5,8,11H2,1-2H3,(H,28,29)/t18-,21+/m1/s1. The van der Waals surface area contributed by atoms with Crippen LogP contribution in [-0.2, 0) is 0 Å². The lowest BCUT2D eigenvalue weighted by molar-refractivity contribution is 0.420. The van der Waals surface area contributed by atoms with Crippen molar-refractivity contribution in [3.63, 3.8) is 0 Å². The van der Waals surface area contributed by atoms with E-state index < -0.39 is 0 Å². The van der Waals surface area contributed by atoms with Crippen LogP contribution in [0.5, 0.6) is 0 Å². The van der Waals surface area contributed by atoms with Gasteiger partial charge in [0.25, 0.3) is 0 Å². The number of hydrogen-bond acceptors (Lipinski definition) is 3. The van der Waals surface area contributed by atoms with E-state index >= 15 is 0 Å². The van der Waals surface area contributed by atoms with Gasteiger partial charge in [-0.3, -0.25) is 10.1 Å². The molecule has 0 radical (unpaired) electrons. The van der Waals surface area contributed by atoms with Gasteiger partial charge in [0.2, 0.25) is 0 Å². The molecule has 0 spiro atoms. The molecule has 1 aliphatic rings. The van der Waals surface area contributed by atoms with Crippen molar-refractivity contribution in [1.29, 1.82) is 0 Å². The number of nitrogens with zero attached hydrogens (tertiary/aromatic N) is 2. The van der Waals surface area contributed by atoms with Crippen LogP contribution in [0.2, 0.25) is 5.02 Å². The van der Waals surface area contributed by atoms with Gasteiger partial charge in [0.05, 0.1) is 0 Å². The molecule has 1 saturated carbocycles. The number of nitrogens with one attached hydrogen (secondary N) is 2. The number of aromatic amines is 1. The Morgan fingerprint density at radius 1 is 0.966 bits per heavy atom. The van der Waals surface area contributed by atoms with E-state index in [4.69, 9.17) is 16.7 Å². The molecule has 2 heterocycles. The molecule has 0 aliphatic heterocycles. The number of aromatic nitrogens is 3. The smallest absolute Gasteiger partial charge is 0.100 e. The summed E-state index contributed by atoms with van der Waals surface area (Å²) in [6.45, 7) is 4.47. The number of hydrogen-bond donors (Lipinski definition) is 2. The van der Waals surface area contributed by atoms with Gasteiger partial charge in [-0.25, -0.2) is 0 Å². The average Bonchev–Trinajstić information content (AvgIpc) is 3.03. The van der Waals surface area contributed by atoms with Crippen LogP contribution >= 0.6 is 11.6 Å². The van der Waals surface area contributed by atoms with Crippen LogP contribution in [0, 0.1) is 0 Å².